The minimum atomic E-state index is -0.461. The van der Waals surface area contributed by atoms with Crippen LogP contribution in [0.1, 0.15) is 47.0 Å². The normalized spacial score (nSPS) is 26.0. The first-order valence-electron chi connectivity index (χ1n) is 10.0. The fourth-order valence-corrected chi connectivity index (χ4v) is 3.99. The molecule has 28 heavy (non-hydrogen) atoms. The number of nitrogens with zero attached hydrogens (tertiary/aromatic N) is 4. The van der Waals surface area contributed by atoms with Crippen LogP contribution in [0.25, 0.3) is 0 Å². The zero-order chi connectivity index (χ0) is 20.1. The molecule has 1 aromatic heterocycles. The molecular weight excluding hydrogens is 378 g/mol. The standard InChI is InChI=1S/C19H28BClN4O3/c1-18(2)19(3,4)28-20(27-18)13-10-22-17(23-11-13)25(14-5-6-14)15-7-8-24(12-15)16(26)9-21/h10-11,14-15H,5-9,12H2,1-4H3/t15-/m1/s1. The number of carbonyl (C=O) groups is 1. The van der Waals surface area contributed by atoms with Crippen LogP contribution in [0.4, 0.5) is 5.95 Å². The predicted octanol–water partition coefficient (Wildman–Crippen LogP) is 1.58. The summed E-state index contributed by atoms with van der Waals surface area (Å²) in [6.07, 6.45) is 6.80. The second kappa shape index (κ2) is 7.15. The lowest BCUT2D eigenvalue weighted by atomic mass is 9.81. The van der Waals surface area contributed by atoms with Gasteiger partial charge < -0.3 is 19.1 Å². The van der Waals surface area contributed by atoms with Gasteiger partial charge in [0.05, 0.1) is 17.2 Å². The first-order valence-corrected chi connectivity index (χ1v) is 10.5. The van der Waals surface area contributed by atoms with Crippen LogP contribution < -0.4 is 10.4 Å². The average Bonchev–Trinajstić information content (AvgIpc) is 3.31. The zero-order valence-corrected chi connectivity index (χ0v) is 17.8. The average molecular weight is 407 g/mol. The van der Waals surface area contributed by atoms with Gasteiger partial charge >= 0.3 is 7.12 Å². The van der Waals surface area contributed by atoms with E-state index >= 15 is 0 Å². The second-order valence-corrected chi connectivity index (χ2v) is 9.23. The van der Waals surface area contributed by atoms with Gasteiger partial charge in [-0.15, -0.1) is 11.6 Å². The molecule has 0 unspecified atom stereocenters. The summed E-state index contributed by atoms with van der Waals surface area (Å²) in [7, 11) is -0.461. The van der Waals surface area contributed by atoms with Crippen LogP contribution in [-0.4, -0.2) is 70.1 Å². The summed E-state index contributed by atoms with van der Waals surface area (Å²) in [6.45, 7) is 9.56. The Bertz CT molecular complexity index is 725. The van der Waals surface area contributed by atoms with Crippen LogP contribution in [-0.2, 0) is 14.1 Å². The lowest BCUT2D eigenvalue weighted by Crippen LogP contribution is -2.42. The summed E-state index contributed by atoms with van der Waals surface area (Å²) in [6, 6.07) is 0.695. The molecule has 2 aliphatic heterocycles. The molecule has 1 atom stereocenters. The van der Waals surface area contributed by atoms with Crippen molar-refractivity contribution in [1.82, 2.24) is 14.9 Å². The third kappa shape index (κ3) is 3.62. The molecule has 1 saturated carbocycles. The Labute approximate surface area is 171 Å². The fraction of sp³-hybridized carbons (Fsp3) is 0.737. The number of carbonyl (C=O) groups excluding carboxylic acids is 1. The molecule has 1 aromatic rings. The number of likely N-dealkylation sites (tertiary alicyclic amines) is 1. The van der Waals surface area contributed by atoms with Crippen molar-refractivity contribution < 1.29 is 14.1 Å². The first kappa shape index (κ1) is 19.9. The van der Waals surface area contributed by atoms with E-state index in [2.05, 4.69) is 14.9 Å². The molecule has 3 fully saturated rings. The van der Waals surface area contributed by atoms with E-state index in [0.29, 0.717) is 18.5 Å². The van der Waals surface area contributed by atoms with Crippen LogP contribution in [0.2, 0.25) is 0 Å². The predicted molar refractivity (Wildman–Crippen MR) is 109 cm³/mol. The van der Waals surface area contributed by atoms with E-state index in [1.165, 1.54) is 0 Å². The van der Waals surface area contributed by atoms with Crippen molar-refractivity contribution in [2.75, 3.05) is 23.9 Å². The highest BCUT2D eigenvalue weighted by atomic mass is 35.5. The quantitative estimate of drug-likeness (QED) is 0.546. The molecule has 1 amide bonds. The van der Waals surface area contributed by atoms with Crippen molar-refractivity contribution in [3.63, 3.8) is 0 Å². The van der Waals surface area contributed by atoms with Crippen molar-refractivity contribution in [3.05, 3.63) is 12.4 Å². The van der Waals surface area contributed by atoms with Crippen molar-refractivity contribution in [1.29, 1.82) is 0 Å². The van der Waals surface area contributed by atoms with E-state index in [0.717, 1.165) is 31.3 Å². The third-order valence-electron chi connectivity index (χ3n) is 6.38. The van der Waals surface area contributed by atoms with Crippen molar-refractivity contribution in [3.8, 4) is 0 Å². The molecule has 2 saturated heterocycles. The first-order chi connectivity index (χ1) is 13.2. The summed E-state index contributed by atoms with van der Waals surface area (Å²) in [5.41, 5.74) is 0.0422. The van der Waals surface area contributed by atoms with Crippen LogP contribution in [0.3, 0.4) is 0 Å². The number of alkyl halides is 1. The number of aromatic nitrogens is 2. The SMILES string of the molecule is CC1(C)OB(c2cnc(N(C3CC3)[C@@H]3CCN(C(=O)CCl)C3)nc2)OC1(C)C. The van der Waals surface area contributed by atoms with Crippen molar-refractivity contribution >= 4 is 36.0 Å². The molecule has 9 heteroatoms. The van der Waals surface area contributed by atoms with E-state index in [1.807, 2.05) is 32.6 Å². The topological polar surface area (TPSA) is 67.8 Å². The highest BCUT2D eigenvalue weighted by Gasteiger charge is 2.52. The summed E-state index contributed by atoms with van der Waals surface area (Å²) >= 11 is 5.72. The van der Waals surface area contributed by atoms with Gasteiger partial charge in [-0.25, -0.2) is 9.97 Å². The van der Waals surface area contributed by atoms with Gasteiger partial charge in [0.2, 0.25) is 11.9 Å². The highest BCUT2D eigenvalue weighted by Crippen LogP contribution is 2.37. The Balaban J connectivity index is 1.49. The lowest BCUT2D eigenvalue weighted by molar-refractivity contribution is -0.127. The molecule has 0 bridgehead atoms. The van der Waals surface area contributed by atoms with Gasteiger partial charge in [0.25, 0.3) is 0 Å². The molecule has 0 radical (unpaired) electrons. The van der Waals surface area contributed by atoms with E-state index in [-0.39, 0.29) is 17.8 Å². The number of hydrogen-bond donors (Lipinski definition) is 0. The smallest absolute Gasteiger partial charge is 0.399 e. The van der Waals surface area contributed by atoms with E-state index in [9.17, 15) is 4.79 Å². The van der Waals surface area contributed by atoms with E-state index in [1.54, 1.807) is 12.4 Å². The van der Waals surface area contributed by atoms with Crippen molar-refractivity contribution in [2.45, 2.75) is 70.2 Å². The van der Waals surface area contributed by atoms with Gasteiger partial charge in [-0.3, -0.25) is 4.79 Å². The molecular formula is C19H28BClN4O3. The van der Waals surface area contributed by atoms with Gasteiger partial charge in [-0.1, -0.05) is 0 Å². The van der Waals surface area contributed by atoms with E-state index in [4.69, 9.17) is 20.9 Å². The van der Waals surface area contributed by atoms with Crippen molar-refractivity contribution in [2.24, 2.45) is 0 Å². The number of hydrogen-bond acceptors (Lipinski definition) is 6. The van der Waals surface area contributed by atoms with Gasteiger partial charge in [0, 0.05) is 37.0 Å². The Kier molecular flexibility index (Phi) is 5.09. The molecule has 3 heterocycles. The monoisotopic (exact) mass is 406 g/mol. The molecule has 0 aromatic carbocycles. The Hall–Kier alpha value is -1.38. The second-order valence-electron chi connectivity index (χ2n) is 8.96. The minimum absolute atomic E-state index is 0.00283. The van der Waals surface area contributed by atoms with Crippen LogP contribution in [0.15, 0.2) is 12.4 Å². The number of rotatable bonds is 5. The van der Waals surface area contributed by atoms with Gasteiger partial charge in [0.15, 0.2) is 0 Å². The minimum Gasteiger partial charge on any atom is -0.399 e. The molecule has 152 valence electrons. The Morgan fingerprint density at radius 1 is 1.18 bits per heavy atom. The molecule has 0 spiro atoms. The Morgan fingerprint density at radius 2 is 1.79 bits per heavy atom. The molecule has 4 rings (SSSR count). The van der Waals surface area contributed by atoms with Gasteiger partial charge in [-0.05, 0) is 47.0 Å². The summed E-state index contributed by atoms with van der Waals surface area (Å²) in [5.74, 6) is 0.750. The number of amides is 1. The highest BCUT2D eigenvalue weighted by molar-refractivity contribution is 6.61. The molecule has 7 nitrogen and oxygen atoms in total. The zero-order valence-electron chi connectivity index (χ0n) is 17.0. The van der Waals surface area contributed by atoms with Crippen LogP contribution in [0, 0.1) is 0 Å². The van der Waals surface area contributed by atoms with Gasteiger partial charge in [-0.2, -0.15) is 0 Å². The summed E-state index contributed by atoms with van der Waals surface area (Å²) in [5, 5.41) is 0. The molecule has 1 aliphatic carbocycles. The lowest BCUT2D eigenvalue weighted by Gasteiger charge is -2.32. The number of anilines is 1. The summed E-state index contributed by atoms with van der Waals surface area (Å²) in [4.78, 5) is 25.3. The largest absolute Gasteiger partial charge is 0.498 e. The maximum Gasteiger partial charge on any atom is 0.498 e. The number of halogens is 1. The molecule has 0 N–H and O–H groups in total. The van der Waals surface area contributed by atoms with Gasteiger partial charge in [0.1, 0.15) is 5.88 Å². The molecule has 3 aliphatic rings. The Morgan fingerprint density at radius 3 is 2.32 bits per heavy atom. The fourth-order valence-electron chi connectivity index (χ4n) is 3.82. The van der Waals surface area contributed by atoms with Crippen LogP contribution in [0.5, 0.6) is 0 Å². The van der Waals surface area contributed by atoms with E-state index < -0.39 is 18.3 Å². The van der Waals surface area contributed by atoms with Crippen LogP contribution >= 0.6 is 11.6 Å². The maximum atomic E-state index is 11.9. The summed E-state index contributed by atoms with van der Waals surface area (Å²) < 4.78 is 12.2. The third-order valence-corrected chi connectivity index (χ3v) is 6.61. The maximum absolute atomic E-state index is 11.9.